The molecule has 0 bridgehead atoms. The van der Waals surface area contributed by atoms with Crippen LogP contribution in [0.4, 0.5) is 13.2 Å². The summed E-state index contributed by atoms with van der Waals surface area (Å²) in [5, 5.41) is 8.02. The van der Waals surface area contributed by atoms with E-state index in [-0.39, 0.29) is 6.42 Å². The first-order valence-corrected chi connectivity index (χ1v) is 2.89. The van der Waals surface area contributed by atoms with Crippen molar-refractivity contribution in [1.82, 2.24) is 0 Å². The van der Waals surface area contributed by atoms with Gasteiger partial charge in [0.15, 0.2) is 0 Å². The molecule has 0 radical (unpaired) electrons. The molecule has 0 rings (SSSR count). The first-order valence-electron chi connectivity index (χ1n) is 2.89. The number of hydrogen-bond acceptors (Lipinski definition) is 1. The molecular formula is C6H8F3N. The second kappa shape index (κ2) is 3.45. The highest BCUT2D eigenvalue weighted by Gasteiger charge is 2.29. The molecular weight excluding hydrogens is 143 g/mol. The predicted molar refractivity (Wildman–Crippen MR) is 30.1 cm³/mol. The number of rotatable bonds is 2. The van der Waals surface area contributed by atoms with Gasteiger partial charge in [0.2, 0.25) is 0 Å². The summed E-state index contributed by atoms with van der Waals surface area (Å²) >= 11 is 0. The lowest BCUT2D eigenvalue weighted by molar-refractivity contribution is -0.142. The Kier molecular flexibility index (Phi) is 3.20. The SMILES string of the molecule is CC(CC#N)CC(F)(F)F. The quantitative estimate of drug-likeness (QED) is 0.594. The molecule has 0 N–H and O–H groups in total. The molecule has 0 aromatic carbocycles. The molecule has 10 heavy (non-hydrogen) atoms. The van der Waals surface area contributed by atoms with Crippen molar-refractivity contribution in [2.45, 2.75) is 25.9 Å². The number of alkyl halides is 3. The fraction of sp³-hybridized carbons (Fsp3) is 0.833. The lowest BCUT2D eigenvalue weighted by Crippen LogP contribution is -2.12. The van der Waals surface area contributed by atoms with Crippen molar-refractivity contribution < 1.29 is 13.2 Å². The average molecular weight is 151 g/mol. The van der Waals surface area contributed by atoms with E-state index in [0.29, 0.717) is 0 Å². The van der Waals surface area contributed by atoms with Crippen LogP contribution in [0.3, 0.4) is 0 Å². The van der Waals surface area contributed by atoms with Gasteiger partial charge >= 0.3 is 6.18 Å². The zero-order valence-corrected chi connectivity index (χ0v) is 5.57. The van der Waals surface area contributed by atoms with Crippen LogP contribution >= 0.6 is 0 Å². The Balaban J connectivity index is 3.60. The molecule has 0 aliphatic rings. The molecule has 0 spiro atoms. The molecule has 0 heterocycles. The van der Waals surface area contributed by atoms with Gasteiger partial charge in [-0.15, -0.1) is 0 Å². The zero-order chi connectivity index (χ0) is 8.20. The molecule has 0 fully saturated rings. The van der Waals surface area contributed by atoms with Gasteiger partial charge in [-0.1, -0.05) is 6.92 Å². The van der Waals surface area contributed by atoms with Crippen molar-refractivity contribution in [2.75, 3.05) is 0 Å². The van der Waals surface area contributed by atoms with E-state index in [1.165, 1.54) is 6.92 Å². The summed E-state index contributed by atoms with van der Waals surface area (Å²) < 4.78 is 34.6. The first kappa shape index (κ1) is 9.28. The van der Waals surface area contributed by atoms with Crippen molar-refractivity contribution in [3.8, 4) is 6.07 Å². The molecule has 0 saturated carbocycles. The Morgan fingerprint density at radius 2 is 2.00 bits per heavy atom. The molecule has 0 aromatic rings. The average Bonchev–Trinajstić information content (AvgIpc) is 1.59. The van der Waals surface area contributed by atoms with Gasteiger partial charge in [0.25, 0.3) is 0 Å². The van der Waals surface area contributed by atoms with Gasteiger partial charge in [-0.2, -0.15) is 18.4 Å². The Bertz CT molecular complexity index is 133. The third-order valence-electron chi connectivity index (χ3n) is 1.02. The van der Waals surface area contributed by atoms with Crippen LogP contribution in [0.1, 0.15) is 19.8 Å². The van der Waals surface area contributed by atoms with E-state index in [0.717, 1.165) is 0 Å². The first-order chi connectivity index (χ1) is 4.45. The summed E-state index contributed by atoms with van der Waals surface area (Å²) in [5.74, 6) is -0.579. The normalized spacial score (nSPS) is 14.3. The standard InChI is InChI=1S/C6H8F3N/c1-5(2-3-10)4-6(7,8)9/h5H,2,4H2,1H3. The van der Waals surface area contributed by atoms with Crippen LogP contribution in [0, 0.1) is 17.2 Å². The third kappa shape index (κ3) is 5.42. The Hall–Kier alpha value is -0.720. The molecule has 1 unspecified atom stereocenters. The van der Waals surface area contributed by atoms with Crippen molar-refractivity contribution in [1.29, 1.82) is 5.26 Å². The van der Waals surface area contributed by atoms with Gasteiger partial charge in [0.1, 0.15) is 0 Å². The third-order valence-corrected chi connectivity index (χ3v) is 1.02. The maximum absolute atomic E-state index is 11.5. The van der Waals surface area contributed by atoms with Gasteiger partial charge in [0.05, 0.1) is 6.07 Å². The number of nitrogens with zero attached hydrogens (tertiary/aromatic N) is 1. The maximum atomic E-state index is 11.5. The van der Waals surface area contributed by atoms with E-state index in [9.17, 15) is 13.2 Å². The molecule has 0 amide bonds. The van der Waals surface area contributed by atoms with Gasteiger partial charge in [-0.25, -0.2) is 0 Å². The Morgan fingerprint density at radius 1 is 1.50 bits per heavy atom. The van der Waals surface area contributed by atoms with Crippen LogP contribution in [0.5, 0.6) is 0 Å². The second-order valence-electron chi connectivity index (χ2n) is 2.29. The van der Waals surface area contributed by atoms with Crippen LogP contribution in [0.2, 0.25) is 0 Å². The van der Waals surface area contributed by atoms with Crippen molar-refractivity contribution in [3.05, 3.63) is 0 Å². The summed E-state index contributed by atoms with van der Waals surface area (Å²) in [6.45, 7) is 1.41. The summed E-state index contributed by atoms with van der Waals surface area (Å²) in [5.41, 5.74) is 0. The minimum Gasteiger partial charge on any atom is -0.198 e. The van der Waals surface area contributed by atoms with Crippen LogP contribution in [0.15, 0.2) is 0 Å². The van der Waals surface area contributed by atoms with E-state index in [4.69, 9.17) is 5.26 Å². The van der Waals surface area contributed by atoms with E-state index < -0.39 is 18.5 Å². The van der Waals surface area contributed by atoms with Gasteiger partial charge in [-0.3, -0.25) is 0 Å². The van der Waals surface area contributed by atoms with Crippen molar-refractivity contribution in [2.24, 2.45) is 5.92 Å². The molecule has 4 heteroatoms. The van der Waals surface area contributed by atoms with E-state index in [1.54, 1.807) is 6.07 Å². The van der Waals surface area contributed by atoms with Crippen LogP contribution in [-0.2, 0) is 0 Å². The van der Waals surface area contributed by atoms with E-state index in [2.05, 4.69) is 0 Å². The zero-order valence-electron chi connectivity index (χ0n) is 5.57. The van der Waals surface area contributed by atoms with Crippen molar-refractivity contribution in [3.63, 3.8) is 0 Å². The topological polar surface area (TPSA) is 23.8 Å². The highest BCUT2D eigenvalue weighted by Crippen LogP contribution is 2.25. The second-order valence-corrected chi connectivity index (χ2v) is 2.29. The minimum absolute atomic E-state index is 0.0283. The monoisotopic (exact) mass is 151 g/mol. The molecule has 58 valence electrons. The van der Waals surface area contributed by atoms with E-state index >= 15 is 0 Å². The summed E-state index contributed by atoms with van der Waals surface area (Å²) in [4.78, 5) is 0. The molecule has 1 nitrogen and oxygen atoms in total. The highest BCUT2D eigenvalue weighted by atomic mass is 19.4. The minimum atomic E-state index is -4.13. The predicted octanol–water partition coefficient (Wildman–Crippen LogP) is 2.49. The van der Waals surface area contributed by atoms with Crippen LogP contribution < -0.4 is 0 Å². The van der Waals surface area contributed by atoms with Gasteiger partial charge < -0.3 is 0 Å². The Labute approximate surface area is 57.5 Å². The largest absolute Gasteiger partial charge is 0.389 e. The molecule has 0 aliphatic carbocycles. The molecule has 0 aromatic heterocycles. The summed E-state index contributed by atoms with van der Waals surface area (Å²) in [6, 6.07) is 1.69. The number of nitriles is 1. The van der Waals surface area contributed by atoms with Crippen molar-refractivity contribution >= 4 is 0 Å². The number of halogens is 3. The fourth-order valence-electron chi connectivity index (χ4n) is 0.623. The fourth-order valence-corrected chi connectivity index (χ4v) is 0.623. The smallest absolute Gasteiger partial charge is 0.198 e. The number of hydrogen-bond donors (Lipinski definition) is 0. The van der Waals surface area contributed by atoms with Gasteiger partial charge in [0, 0.05) is 12.8 Å². The molecule has 0 saturated heterocycles. The lowest BCUT2D eigenvalue weighted by Gasteiger charge is -2.09. The van der Waals surface area contributed by atoms with Gasteiger partial charge in [-0.05, 0) is 5.92 Å². The lowest BCUT2D eigenvalue weighted by atomic mass is 10.1. The Morgan fingerprint density at radius 3 is 2.30 bits per heavy atom. The maximum Gasteiger partial charge on any atom is 0.389 e. The van der Waals surface area contributed by atoms with Crippen LogP contribution in [-0.4, -0.2) is 6.18 Å². The summed E-state index contributed by atoms with van der Waals surface area (Å²) in [6.07, 6.45) is -5.02. The summed E-state index contributed by atoms with van der Waals surface area (Å²) in [7, 11) is 0. The molecule has 0 aliphatic heterocycles. The van der Waals surface area contributed by atoms with E-state index in [1.807, 2.05) is 0 Å². The highest BCUT2D eigenvalue weighted by molar-refractivity contribution is 4.74. The van der Waals surface area contributed by atoms with Crippen LogP contribution in [0.25, 0.3) is 0 Å². The molecule has 1 atom stereocenters.